The predicted molar refractivity (Wildman–Crippen MR) is 75.9 cm³/mol. The zero-order chi connectivity index (χ0) is 15.3. The number of carbonyl (C=O) groups excluding carboxylic acids is 2. The SMILES string of the molecule is CC1=C[C@H](O/C=C2/C(=O)OC3=C4CC=CC=C4C[C@@H]32)OC1=O. The fourth-order valence-electron chi connectivity index (χ4n) is 3.10. The minimum absolute atomic E-state index is 0.0872. The molecular formula is C17H14O5. The normalized spacial score (nSPS) is 30.9. The van der Waals surface area contributed by atoms with Gasteiger partial charge in [0.15, 0.2) is 0 Å². The molecule has 1 saturated heterocycles. The summed E-state index contributed by atoms with van der Waals surface area (Å²) in [4.78, 5) is 23.3. The average Bonchev–Trinajstić information content (AvgIpc) is 3.10. The summed E-state index contributed by atoms with van der Waals surface area (Å²) >= 11 is 0. The van der Waals surface area contributed by atoms with E-state index in [2.05, 4.69) is 6.08 Å². The van der Waals surface area contributed by atoms with Crippen molar-refractivity contribution in [2.75, 3.05) is 0 Å². The van der Waals surface area contributed by atoms with E-state index in [1.807, 2.05) is 12.2 Å². The third-order valence-electron chi connectivity index (χ3n) is 4.26. The largest absolute Gasteiger partial charge is 0.458 e. The van der Waals surface area contributed by atoms with Gasteiger partial charge in [-0.15, -0.1) is 0 Å². The van der Waals surface area contributed by atoms with Crippen molar-refractivity contribution in [3.05, 3.63) is 58.6 Å². The maximum atomic E-state index is 12.0. The molecule has 2 heterocycles. The Kier molecular flexibility index (Phi) is 2.82. The molecule has 0 aromatic rings. The Balaban J connectivity index is 1.57. The van der Waals surface area contributed by atoms with Crippen molar-refractivity contribution in [3.63, 3.8) is 0 Å². The van der Waals surface area contributed by atoms with E-state index in [9.17, 15) is 9.59 Å². The number of ether oxygens (including phenoxy) is 3. The molecule has 2 aliphatic carbocycles. The van der Waals surface area contributed by atoms with Crippen LogP contribution in [0.5, 0.6) is 0 Å². The molecule has 0 bridgehead atoms. The summed E-state index contributed by atoms with van der Waals surface area (Å²) in [6.07, 6.45) is 9.85. The first kappa shape index (κ1) is 13.1. The van der Waals surface area contributed by atoms with Gasteiger partial charge in [0.05, 0.1) is 17.8 Å². The molecule has 0 aromatic heterocycles. The lowest BCUT2D eigenvalue weighted by molar-refractivity contribution is -0.152. The van der Waals surface area contributed by atoms with Gasteiger partial charge in [-0.05, 0) is 30.9 Å². The van der Waals surface area contributed by atoms with E-state index in [4.69, 9.17) is 14.2 Å². The monoisotopic (exact) mass is 298 g/mol. The highest BCUT2D eigenvalue weighted by Gasteiger charge is 2.43. The van der Waals surface area contributed by atoms with Gasteiger partial charge >= 0.3 is 11.9 Å². The first-order chi connectivity index (χ1) is 10.6. The summed E-state index contributed by atoms with van der Waals surface area (Å²) in [6, 6.07) is 0. The number of carbonyl (C=O) groups is 2. The molecule has 112 valence electrons. The van der Waals surface area contributed by atoms with Crippen LogP contribution in [0.2, 0.25) is 0 Å². The minimum atomic E-state index is -0.769. The van der Waals surface area contributed by atoms with Crippen molar-refractivity contribution in [1.29, 1.82) is 0 Å². The molecule has 0 radical (unpaired) electrons. The van der Waals surface area contributed by atoms with Crippen molar-refractivity contribution in [1.82, 2.24) is 0 Å². The van der Waals surface area contributed by atoms with E-state index in [1.165, 1.54) is 11.8 Å². The second-order valence-corrected chi connectivity index (χ2v) is 5.65. The molecule has 4 rings (SSSR count). The van der Waals surface area contributed by atoms with E-state index in [1.54, 1.807) is 13.0 Å². The van der Waals surface area contributed by atoms with Crippen molar-refractivity contribution >= 4 is 11.9 Å². The molecular weight excluding hydrogens is 284 g/mol. The van der Waals surface area contributed by atoms with Crippen LogP contribution in [0.15, 0.2) is 58.6 Å². The maximum Gasteiger partial charge on any atom is 0.343 e. The van der Waals surface area contributed by atoms with Gasteiger partial charge < -0.3 is 14.2 Å². The van der Waals surface area contributed by atoms with Crippen LogP contribution in [0.25, 0.3) is 0 Å². The Bertz CT molecular complexity index is 732. The van der Waals surface area contributed by atoms with E-state index >= 15 is 0 Å². The van der Waals surface area contributed by atoms with Gasteiger partial charge in [0.25, 0.3) is 6.29 Å². The van der Waals surface area contributed by atoms with Crippen LogP contribution in [0.1, 0.15) is 19.8 Å². The van der Waals surface area contributed by atoms with Gasteiger partial charge in [-0.3, -0.25) is 0 Å². The van der Waals surface area contributed by atoms with Crippen LogP contribution < -0.4 is 0 Å². The minimum Gasteiger partial charge on any atom is -0.458 e. The molecule has 22 heavy (non-hydrogen) atoms. The number of rotatable bonds is 2. The molecule has 2 atom stereocenters. The Morgan fingerprint density at radius 2 is 2.18 bits per heavy atom. The molecule has 1 fully saturated rings. The quantitative estimate of drug-likeness (QED) is 0.445. The fourth-order valence-corrected chi connectivity index (χ4v) is 3.10. The highest BCUT2D eigenvalue weighted by molar-refractivity contribution is 5.94. The van der Waals surface area contributed by atoms with Crippen LogP contribution in [0.3, 0.4) is 0 Å². The Morgan fingerprint density at radius 1 is 1.32 bits per heavy atom. The third-order valence-corrected chi connectivity index (χ3v) is 4.26. The van der Waals surface area contributed by atoms with Gasteiger partial charge in [-0.1, -0.05) is 18.2 Å². The molecule has 2 aliphatic heterocycles. The van der Waals surface area contributed by atoms with Crippen LogP contribution in [0.4, 0.5) is 0 Å². The van der Waals surface area contributed by atoms with E-state index in [0.29, 0.717) is 11.1 Å². The number of hydrogen-bond donors (Lipinski definition) is 0. The predicted octanol–water partition coefficient (Wildman–Crippen LogP) is 2.43. The Morgan fingerprint density at radius 3 is 2.95 bits per heavy atom. The summed E-state index contributed by atoms with van der Waals surface area (Å²) in [5.74, 6) is -0.129. The first-order valence-electron chi connectivity index (χ1n) is 7.19. The number of allylic oxidation sites excluding steroid dienone is 6. The van der Waals surface area contributed by atoms with Crippen molar-refractivity contribution in [3.8, 4) is 0 Å². The second kappa shape index (κ2) is 4.73. The van der Waals surface area contributed by atoms with E-state index < -0.39 is 12.3 Å². The lowest BCUT2D eigenvalue weighted by atomic mass is 9.98. The molecule has 0 N–H and O–H groups in total. The van der Waals surface area contributed by atoms with Gasteiger partial charge in [0.2, 0.25) is 0 Å². The average molecular weight is 298 g/mol. The smallest absolute Gasteiger partial charge is 0.343 e. The lowest BCUT2D eigenvalue weighted by Crippen LogP contribution is -2.11. The topological polar surface area (TPSA) is 61.8 Å². The third kappa shape index (κ3) is 1.93. The van der Waals surface area contributed by atoms with Crippen LogP contribution in [-0.2, 0) is 23.8 Å². The summed E-state index contributed by atoms with van der Waals surface area (Å²) in [6.45, 7) is 1.66. The molecule has 0 spiro atoms. The highest BCUT2D eigenvalue weighted by Crippen LogP contribution is 2.48. The highest BCUT2D eigenvalue weighted by atomic mass is 16.7. The second-order valence-electron chi connectivity index (χ2n) is 5.65. The van der Waals surface area contributed by atoms with Gasteiger partial charge in [-0.25, -0.2) is 9.59 Å². The maximum absolute atomic E-state index is 12.0. The molecule has 0 amide bonds. The van der Waals surface area contributed by atoms with Crippen LogP contribution in [-0.4, -0.2) is 18.2 Å². The number of cyclic esters (lactones) is 1. The zero-order valence-corrected chi connectivity index (χ0v) is 12.0. The number of esters is 2. The molecule has 0 unspecified atom stereocenters. The van der Waals surface area contributed by atoms with Crippen LogP contribution in [0, 0.1) is 5.92 Å². The van der Waals surface area contributed by atoms with Gasteiger partial charge in [-0.2, -0.15) is 0 Å². The van der Waals surface area contributed by atoms with Crippen LogP contribution >= 0.6 is 0 Å². The van der Waals surface area contributed by atoms with Gasteiger partial charge in [0, 0.05) is 11.6 Å². The molecule has 0 aromatic carbocycles. The number of fused-ring (bicyclic) bond motifs is 2. The van der Waals surface area contributed by atoms with Crippen molar-refractivity contribution in [2.24, 2.45) is 5.92 Å². The van der Waals surface area contributed by atoms with Crippen molar-refractivity contribution < 1.29 is 23.8 Å². The van der Waals surface area contributed by atoms with E-state index in [-0.39, 0.29) is 11.9 Å². The molecule has 5 nitrogen and oxygen atoms in total. The summed E-state index contributed by atoms with van der Waals surface area (Å²) in [5, 5.41) is 0. The molecule has 5 heteroatoms. The Labute approximate surface area is 127 Å². The fraction of sp³-hybridized carbons (Fsp3) is 0.294. The zero-order valence-electron chi connectivity index (χ0n) is 12.0. The summed E-state index contributed by atoms with van der Waals surface area (Å²) in [7, 11) is 0. The lowest BCUT2D eigenvalue weighted by Gasteiger charge is -2.09. The number of hydrogen-bond acceptors (Lipinski definition) is 5. The molecule has 4 aliphatic rings. The first-order valence-corrected chi connectivity index (χ1v) is 7.19. The Hall–Kier alpha value is -2.56. The van der Waals surface area contributed by atoms with Crippen molar-refractivity contribution in [2.45, 2.75) is 26.1 Å². The van der Waals surface area contributed by atoms with E-state index in [0.717, 1.165) is 24.2 Å². The standard InChI is InChI=1S/C17H14O5/c1-9-6-14(21-16(9)18)20-8-13-12-7-10-4-2-3-5-11(10)15(12)22-17(13)19/h2-4,6,8,12,14H,5,7H2,1H3/b13-8+/t12-,14-/m1/s1. The molecule has 0 saturated carbocycles. The summed E-state index contributed by atoms with van der Waals surface area (Å²) in [5.41, 5.74) is 3.30. The summed E-state index contributed by atoms with van der Waals surface area (Å²) < 4.78 is 15.8. The van der Waals surface area contributed by atoms with Gasteiger partial charge in [0.1, 0.15) is 5.76 Å².